The van der Waals surface area contributed by atoms with Crippen molar-refractivity contribution >= 4 is 29.9 Å². The number of carbonyl (C=O) groups excluding carboxylic acids is 1. The van der Waals surface area contributed by atoms with Crippen LogP contribution in [-0.2, 0) is 17.9 Å². The molecule has 0 aliphatic carbocycles. The van der Waals surface area contributed by atoms with Gasteiger partial charge >= 0.3 is 0 Å². The fraction of sp³-hybridized carbons (Fsp3) is 0.556. The maximum absolute atomic E-state index is 11.2. The molecule has 6 heteroatoms. The highest BCUT2D eigenvalue weighted by Crippen LogP contribution is 2.03. The van der Waals surface area contributed by atoms with Crippen LogP contribution in [0, 0.1) is 0 Å². The number of alkyl halides is 1. The standard InChI is InChI=1S/C9H14ClN3O.ClH/c1-3-13-8(4-5-11-13)7-12(2)9(14)6-10;/h4-5H,3,6-7H2,1-2H3;1H. The molecule has 0 aliphatic rings. The van der Waals surface area contributed by atoms with Gasteiger partial charge in [-0.3, -0.25) is 9.48 Å². The fourth-order valence-electron chi connectivity index (χ4n) is 1.21. The minimum Gasteiger partial charge on any atom is -0.339 e. The molecule has 0 spiro atoms. The van der Waals surface area contributed by atoms with Gasteiger partial charge in [-0.2, -0.15) is 5.10 Å². The number of amides is 1. The summed E-state index contributed by atoms with van der Waals surface area (Å²) < 4.78 is 1.86. The largest absolute Gasteiger partial charge is 0.339 e. The van der Waals surface area contributed by atoms with Crippen molar-refractivity contribution in [1.82, 2.24) is 14.7 Å². The molecule has 0 radical (unpaired) electrons. The third-order valence-electron chi connectivity index (χ3n) is 2.04. The molecule has 0 unspecified atom stereocenters. The summed E-state index contributed by atoms with van der Waals surface area (Å²) in [5, 5.41) is 4.12. The number of nitrogens with zero attached hydrogens (tertiary/aromatic N) is 3. The van der Waals surface area contributed by atoms with Gasteiger partial charge in [0.15, 0.2) is 0 Å². The van der Waals surface area contributed by atoms with Crippen molar-refractivity contribution < 1.29 is 4.79 Å². The molecule has 0 N–H and O–H groups in total. The third kappa shape index (κ3) is 3.72. The van der Waals surface area contributed by atoms with Crippen LogP contribution in [0.5, 0.6) is 0 Å². The van der Waals surface area contributed by atoms with E-state index in [2.05, 4.69) is 5.10 Å². The van der Waals surface area contributed by atoms with Crippen molar-refractivity contribution in [3.05, 3.63) is 18.0 Å². The molecule has 86 valence electrons. The van der Waals surface area contributed by atoms with Gasteiger partial charge in [0, 0.05) is 19.8 Å². The maximum Gasteiger partial charge on any atom is 0.237 e. The lowest BCUT2D eigenvalue weighted by Crippen LogP contribution is -2.28. The first kappa shape index (κ1) is 14.3. The molecule has 0 saturated heterocycles. The minimum absolute atomic E-state index is 0. The van der Waals surface area contributed by atoms with Gasteiger partial charge < -0.3 is 4.90 Å². The number of hydrogen-bond acceptors (Lipinski definition) is 2. The summed E-state index contributed by atoms with van der Waals surface area (Å²) in [6.07, 6.45) is 1.73. The Morgan fingerprint density at radius 1 is 1.67 bits per heavy atom. The highest BCUT2D eigenvalue weighted by atomic mass is 35.5. The molecule has 1 amide bonds. The van der Waals surface area contributed by atoms with Gasteiger partial charge in [0.05, 0.1) is 12.2 Å². The lowest BCUT2D eigenvalue weighted by molar-refractivity contribution is -0.127. The second-order valence-corrected chi connectivity index (χ2v) is 3.29. The van der Waals surface area contributed by atoms with Crippen molar-refractivity contribution in [3.8, 4) is 0 Å². The van der Waals surface area contributed by atoms with E-state index in [-0.39, 0.29) is 24.2 Å². The molecular weight excluding hydrogens is 237 g/mol. The first-order valence-corrected chi connectivity index (χ1v) is 5.03. The van der Waals surface area contributed by atoms with Crippen LogP contribution in [0.25, 0.3) is 0 Å². The van der Waals surface area contributed by atoms with Crippen LogP contribution in [0.1, 0.15) is 12.6 Å². The van der Waals surface area contributed by atoms with Crippen LogP contribution < -0.4 is 0 Å². The molecule has 1 heterocycles. The zero-order valence-corrected chi connectivity index (χ0v) is 10.4. The summed E-state index contributed by atoms with van der Waals surface area (Å²) >= 11 is 5.45. The van der Waals surface area contributed by atoms with E-state index >= 15 is 0 Å². The first-order chi connectivity index (χ1) is 6.69. The normalized spacial score (nSPS) is 9.53. The Labute approximate surface area is 101 Å². The Kier molecular flexibility index (Phi) is 6.36. The average Bonchev–Trinajstić information content (AvgIpc) is 2.63. The topological polar surface area (TPSA) is 38.1 Å². The summed E-state index contributed by atoms with van der Waals surface area (Å²) in [6, 6.07) is 1.90. The van der Waals surface area contributed by atoms with Crippen molar-refractivity contribution in [2.24, 2.45) is 0 Å². The van der Waals surface area contributed by atoms with Gasteiger partial charge in [-0.05, 0) is 13.0 Å². The molecule has 15 heavy (non-hydrogen) atoms. The molecule has 0 saturated carbocycles. The number of aromatic nitrogens is 2. The van der Waals surface area contributed by atoms with Crippen LogP contribution in [-0.4, -0.2) is 33.5 Å². The lowest BCUT2D eigenvalue weighted by atomic mass is 10.4. The molecule has 1 aromatic rings. The molecule has 0 bridgehead atoms. The quantitative estimate of drug-likeness (QED) is 0.762. The summed E-state index contributed by atoms with van der Waals surface area (Å²) in [7, 11) is 1.73. The van der Waals surface area contributed by atoms with E-state index < -0.39 is 0 Å². The molecule has 0 fully saturated rings. The van der Waals surface area contributed by atoms with Crippen molar-refractivity contribution in [3.63, 3.8) is 0 Å². The molecular formula is C9H15Cl2N3O. The number of hydrogen-bond donors (Lipinski definition) is 0. The zero-order chi connectivity index (χ0) is 10.6. The van der Waals surface area contributed by atoms with Gasteiger partial charge in [-0.1, -0.05) is 0 Å². The summed E-state index contributed by atoms with van der Waals surface area (Å²) in [4.78, 5) is 12.8. The van der Waals surface area contributed by atoms with Crippen LogP contribution in [0.3, 0.4) is 0 Å². The monoisotopic (exact) mass is 251 g/mol. The molecule has 4 nitrogen and oxygen atoms in total. The molecule has 1 aromatic heterocycles. The molecule has 0 atom stereocenters. The molecule has 1 rings (SSSR count). The van der Waals surface area contributed by atoms with E-state index in [0.717, 1.165) is 12.2 Å². The first-order valence-electron chi connectivity index (χ1n) is 4.49. The third-order valence-corrected chi connectivity index (χ3v) is 2.27. The van der Waals surface area contributed by atoms with Crippen LogP contribution in [0.4, 0.5) is 0 Å². The summed E-state index contributed by atoms with van der Waals surface area (Å²) in [6.45, 7) is 3.38. The Morgan fingerprint density at radius 3 is 2.87 bits per heavy atom. The SMILES string of the molecule is CCn1nccc1CN(C)C(=O)CCl.Cl. The van der Waals surface area contributed by atoms with Crippen LogP contribution >= 0.6 is 24.0 Å². The zero-order valence-electron chi connectivity index (χ0n) is 8.81. The van der Waals surface area contributed by atoms with E-state index in [1.54, 1.807) is 18.1 Å². The van der Waals surface area contributed by atoms with Gasteiger partial charge in [0.25, 0.3) is 0 Å². The smallest absolute Gasteiger partial charge is 0.237 e. The Morgan fingerprint density at radius 2 is 2.33 bits per heavy atom. The minimum atomic E-state index is -0.0736. The Hall–Kier alpha value is -0.740. The van der Waals surface area contributed by atoms with E-state index in [1.807, 2.05) is 17.7 Å². The summed E-state index contributed by atoms with van der Waals surface area (Å²) in [5.74, 6) is -0.0490. The number of halogens is 2. The lowest BCUT2D eigenvalue weighted by Gasteiger charge is -2.16. The van der Waals surface area contributed by atoms with E-state index in [0.29, 0.717) is 6.54 Å². The van der Waals surface area contributed by atoms with Crippen LogP contribution in [0.15, 0.2) is 12.3 Å². The maximum atomic E-state index is 11.2. The highest BCUT2D eigenvalue weighted by Gasteiger charge is 2.09. The molecule has 0 aliphatic heterocycles. The number of aryl methyl sites for hydroxylation is 1. The van der Waals surface area contributed by atoms with E-state index in [1.165, 1.54) is 0 Å². The van der Waals surface area contributed by atoms with Crippen LogP contribution in [0.2, 0.25) is 0 Å². The predicted molar refractivity (Wildman–Crippen MR) is 62.3 cm³/mol. The van der Waals surface area contributed by atoms with Gasteiger partial charge in [0.1, 0.15) is 5.88 Å². The van der Waals surface area contributed by atoms with Crippen molar-refractivity contribution in [2.75, 3.05) is 12.9 Å². The average molecular weight is 252 g/mol. The van der Waals surface area contributed by atoms with Gasteiger partial charge in [-0.15, -0.1) is 24.0 Å². The second kappa shape index (κ2) is 6.69. The fourth-order valence-corrected chi connectivity index (χ4v) is 1.42. The summed E-state index contributed by atoms with van der Waals surface area (Å²) in [5.41, 5.74) is 1.02. The number of rotatable bonds is 4. The van der Waals surface area contributed by atoms with Gasteiger partial charge in [-0.25, -0.2) is 0 Å². The Balaban J connectivity index is 0.00000196. The van der Waals surface area contributed by atoms with E-state index in [9.17, 15) is 4.79 Å². The van der Waals surface area contributed by atoms with E-state index in [4.69, 9.17) is 11.6 Å². The highest BCUT2D eigenvalue weighted by molar-refractivity contribution is 6.27. The van der Waals surface area contributed by atoms with Gasteiger partial charge in [0.2, 0.25) is 5.91 Å². The predicted octanol–water partition coefficient (Wildman–Crippen LogP) is 1.52. The second-order valence-electron chi connectivity index (χ2n) is 3.02. The Bertz CT molecular complexity index is 314. The van der Waals surface area contributed by atoms with Crippen molar-refractivity contribution in [1.29, 1.82) is 0 Å². The number of carbonyl (C=O) groups is 1. The molecule has 0 aromatic carbocycles. The van der Waals surface area contributed by atoms with Crippen molar-refractivity contribution in [2.45, 2.75) is 20.0 Å².